The molecular formula is C12H19N3O. The van der Waals surface area contributed by atoms with Gasteiger partial charge in [0.1, 0.15) is 5.60 Å². The van der Waals surface area contributed by atoms with Gasteiger partial charge in [-0.05, 0) is 38.7 Å². The summed E-state index contributed by atoms with van der Waals surface area (Å²) < 4.78 is 5.67. The second kappa shape index (κ2) is 4.47. The highest BCUT2D eigenvalue weighted by Crippen LogP contribution is 2.39. The summed E-state index contributed by atoms with van der Waals surface area (Å²) in [6.07, 6.45) is 4.39. The molecule has 4 heteroatoms. The molecule has 0 aromatic carbocycles. The van der Waals surface area contributed by atoms with Gasteiger partial charge in [-0.15, -0.1) is 0 Å². The molecule has 16 heavy (non-hydrogen) atoms. The zero-order valence-electron chi connectivity index (χ0n) is 9.99. The first-order valence-electron chi connectivity index (χ1n) is 5.80. The van der Waals surface area contributed by atoms with Gasteiger partial charge in [0.25, 0.3) is 0 Å². The minimum atomic E-state index is -0.268. The van der Waals surface area contributed by atoms with E-state index in [-0.39, 0.29) is 5.60 Å². The predicted octanol–water partition coefficient (Wildman–Crippen LogP) is 1.66. The molecule has 0 bridgehead atoms. The lowest BCUT2D eigenvalue weighted by Gasteiger charge is -2.26. The van der Waals surface area contributed by atoms with Crippen molar-refractivity contribution in [2.24, 2.45) is 5.73 Å². The van der Waals surface area contributed by atoms with Gasteiger partial charge < -0.3 is 10.5 Å². The molecule has 1 aromatic heterocycles. The van der Waals surface area contributed by atoms with Crippen LogP contribution in [0.15, 0.2) is 6.07 Å². The molecule has 1 aromatic rings. The van der Waals surface area contributed by atoms with Gasteiger partial charge in [0, 0.05) is 19.3 Å². The van der Waals surface area contributed by atoms with Crippen LogP contribution in [0.25, 0.3) is 0 Å². The zero-order chi connectivity index (χ0) is 11.6. The Kier molecular flexibility index (Phi) is 3.21. The molecule has 1 fully saturated rings. The number of nitrogens with two attached hydrogens (primary N) is 1. The van der Waals surface area contributed by atoms with E-state index in [4.69, 9.17) is 10.5 Å². The summed E-state index contributed by atoms with van der Waals surface area (Å²) in [5, 5.41) is 0. The second-order valence-electron chi connectivity index (χ2n) is 4.43. The van der Waals surface area contributed by atoms with Crippen LogP contribution in [0.3, 0.4) is 0 Å². The van der Waals surface area contributed by atoms with Crippen LogP contribution >= 0.6 is 0 Å². The fourth-order valence-corrected chi connectivity index (χ4v) is 2.41. The van der Waals surface area contributed by atoms with Crippen molar-refractivity contribution in [3.05, 3.63) is 23.3 Å². The number of aromatic nitrogens is 2. The van der Waals surface area contributed by atoms with E-state index in [1.54, 1.807) is 7.11 Å². The van der Waals surface area contributed by atoms with E-state index in [1.165, 1.54) is 12.8 Å². The summed E-state index contributed by atoms with van der Waals surface area (Å²) in [5.74, 6) is 0.813. The monoisotopic (exact) mass is 221 g/mol. The Labute approximate surface area is 96.2 Å². The minimum absolute atomic E-state index is 0.268. The summed E-state index contributed by atoms with van der Waals surface area (Å²) in [4.78, 5) is 9.03. The maximum Gasteiger partial charge on any atom is 0.160 e. The van der Waals surface area contributed by atoms with E-state index in [0.717, 1.165) is 30.1 Å². The normalized spacial score (nSPS) is 18.9. The molecule has 0 unspecified atom stereocenters. The standard InChI is InChI=1S/C12H19N3O/c1-9-7-10(8-13)15-11(14-9)12(16-2)5-3-4-6-12/h7H,3-6,8,13H2,1-2H3. The summed E-state index contributed by atoms with van der Waals surface area (Å²) in [7, 11) is 1.75. The zero-order valence-corrected chi connectivity index (χ0v) is 9.99. The first kappa shape index (κ1) is 11.5. The average Bonchev–Trinajstić information content (AvgIpc) is 2.78. The molecule has 1 heterocycles. The van der Waals surface area contributed by atoms with Crippen LogP contribution in [0.2, 0.25) is 0 Å². The number of hydrogen-bond donors (Lipinski definition) is 1. The quantitative estimate of drug-likeness (QED) is 0.843. The highest BCUT2D eigenvalue weighted by atomic mass is 16.5. The third-order valence-corrected chi connectivity index (χ3v) is 3.33. The highest BCUT2D eigenvalue weighted by Gasteiger charge is 2.38. The van der Waals surface area contributed by atoms with E-state index in [9.17, 15) is 0 Å². The lowest BCUT2D eigenvalue weighted by Crippen LogP contribution is -2.28. The van der Waals surface area contributed by atoms with Crippen LogP contribution < -0.4 is 5.73 Å². The van der Waals surface area contributed by atoms with E-state index in [0.29, 0.717) is 6.54 Å². The maximum atomic E-state index is 5.67. The second-order valence-corrected chi connectivity index (χ2v) is 4.43. The van der Waals surface area contributed by atoms with Gasteiger partial charge in [0.2, 0.25) is 0 Å². The molecule has 0 saturated heterocycles. The van der Waals surface area contributed by atoms with Gasteiger partial charge in [-0.3, -0.25) is 0 Å². The summed E-state index contributed by atoms with van der Waals surface area (Å²) in [5.41, 5.74) is 7.23. The van der Waals surface area contributed by atoms with Crippen molar-refractivity contribution < 1.29 is 4.74 Å². The van der Waals surface area contributed by atoms with E-state index in [1.807, 2.05) is 13.0 Å². The lowest BCUT2D eigenvalue weighted by molar-refractivity contribution is -0.0165. The molecule has 1 aliphatic rings. The molecule has 2 N–H and O–H groups in total. The van der Waals surface area contributed by atoms with Crippen molar-refractivity contribution in [3.63, 3.8) is 0 Å². The number of aryl methyl sites for hydroxylation is 1. The Hall–Kier alpha value is -1.00. The maximum absolute atomic E-state index is 5.67. The fourth-order valence-electron chi connectivity index (χ4n) is 2.41. The molecule has 88 valence electrons. The van der Waals surface area contributed by atoms with Gasteiger partial charge in [-0.1, -0.05) is 0 Å². The summed E-state index contributed by atoms with van der Waals surface area (Å²) in [6, 6.07) is 1.93. The summed E-state index contributed by atoms with van der Waals surface area (Å²) in [6.45, 7) is 2.43. The Bertz CT molecular complexity index is 373. The fraction of sp³-hybridized carbons (Fsp3) is 0.667. The average molecular weight is 221 g/mol. The number of ether oxygens (including phenoxy) is 1. The van der Waals surface area contributed by atoms with E-state index >= 15 is 0 Å². The molecule has 0 aliphatic heterocycles. The molecule has 1 aliphatic carbocycles. The number of methoxy groups -OCH3 is 1. The number of nitrogens with zero attached hydrogens (tertiary/aromatic N) is 2. The van der Waals surface area contributed by atoms with Crippen molar-refractivity contribution in [1.82, 2.24) is 9.97 Å². The first-order valence-corrected chi connectivity index (χ1v) is 5.80. The Morgan fingerprint density at radius 3 is 2.62 bits per heavy atom. The third-order valence-electron chi connectivity index (χ3n) is 3.33. The van der Waals surface area contributed by atoms with Crippen LogP contribution in [0.1, 0.15) is 42.9 Å². The molecule has 4 nitrogen and oxygen atoms in total. The van der Waals surface area contributed by atoms with Gasteiger partial charge in [0.05, 0.1) is 5.69 Å². The van der Waals surface area contributed by atoms with E-state index in [2.05, 4.69) is 9.97 Å². The Morgan fingerprint density at radius 2 is 2.06 bits per heavy atom. The van der Waals surface area contributed by atoms with Crippen molar-refractivity contribution in [2.75, 3.05) is 7.11 Å². The lowest BCUT2D eigenvalue weighted by atomic mass is 10.0. The van der Waals surface area contributed by atoms with Gasteiger partial charge in [-0.2, -0.15) is 0 Å². The topological polar surface area (TPSA) is 61.0 Å². The predicted molar refractivity (Wildman–Crippen MR) is 61.8 cm³/mol. The molecule has 1 saturated carbocycles. The SMILES string of the molecule is COC1(c2nc(C)cc(CN)n2)CCCC1. The first-order chi connectivity index (χ1) is 7.70. The van der Waals surface area contributed by atoms with Crippen LogP contribution in [0.4, 0.5) is 0 Å². The Balaban J connectivity index is 2.41. The number of hydrogen-bond acceptors (Lipinski definition) is 4. The van der Waals surface area contributed by atoms with Crippen LogP contribution in [0, 0.1) is 6.92 Å². The van der Waals surface area contributed by atoms with Crippen LogP contribution in [-0.2, 0) is 16.9 Å². The molecular weight excluding hydrogens is 202 g/mol. The van der Waals surface area contributed by atoms with Crippen LogP contribution in [-0.4, -0.2) is 17.1 Å². The van der Waals surface area contributed by atoms with Gasteiger partial charge >= 0.3 is 0 Å². The van der Waals surface area contributed by atoms with E-state index < -0.39 is 0 Å². The molecule has 2 rings (SSSR count). The molecule has 0 atom stereocenters. The van der Waals surface area contributed by atoms with Crippen molar-refractivity contribution in [2.45, 2.75) is 44.8 Å². The molecule has 0 amide bonds. The summed E-state index contributed by atoms with van der Waals surface area (Å²) >= 11 is 0. The van der Waals surface area contributed by atoms with Gasteiger partial charge in [-0.25, -0.2) is 9.97 Å². The molecule has 0 radical (unpaired) electrons. The van der Waals surface area contributed by atoms with Crippen molar-refractivity contribution >= 4 is 0 Å². The third kappa shape index (κ3) is 1.95. The smallest absolute Gasteiger partial charge is 0.160 e. The van der Waals surface area contributed by atoms with Gasteiger partial charge in [0.15, 0.2) is 5.82 Å². The van der Waals surface area contributed by atoms with Crippen molar-refractivity contribution in [1.29, 1.82) is 0 Å². The largest absolute Gasteiger partial charge is 0.370 e. The Morgan fingerprint density at radius 1 is 1.38 bits per heavy atom. The minimum Gasteiger partial charge on any atom is -0.370 e. The van der Waals surface area contributed by atoms with Crippen molar-refractivity contribution in [3.8, 4) is 0 Å². The highest BCUT2D eigenvalue weighted by molar-refractivity contribution is 5.15. The molecule has 0 spiro atoms. The van der Waals surface area contributed by atoms with Crippen LogP contribution in [0.5, 0.6) is 0 Å². The number of rotatable bonds is 3.